The van der Waals surface area contributed by atoms with Crippen molar-refractivity contribution >= 4 is 5.91 Å². The summed E-state index contributed by atoms with van der Waals surface area (Å²) in [5, 5.41) is 3.11. The van der Waals surface area contributed by atoms with E-state index in [0.717, 1.165) is 24.2 Å². The van der Waals surface area contributed by atoms with Crippen molar-refractivity contribution in [1.29, 1.82) is 0 Å². The number of benzene rings is 2. The van der Waals surface area contributed by atoms with E-state index in [9.17, 15) is 4.79 Å². The average Bonchev–Trinajstić information content (AvgIpc) is 2.64. The van der Waals surface area contributed by atoms with Crippen LogP contribution in [-0.4, -0.2) is 18.1 Å². The quantitative estimate of drug-likeness (QED) is 0.875. The van der Waals surface area contributed by atoms with Gasteiger partial charge in [-0.05, 0) is 43.0 Å². The molecule has 24 heavy (non-hydrogen) atoms. The smallest absolute Gasteiger partial charge is 0.260 e. The lowest BCUT2D eigenvalue weighted by molar-refractivity contribution is -0.128. The van der Waals surface area contributed by atoms with Crippen LogP contribution in [0, 0.1) is 0 Å². The Labute approximate surface area is 144 Å². The minimum atomic E-state index is -0.477. The van der Waals surface area contributed by atoms with E-state index < -0.39 is 6.10 Å². The molecule has 1 atom stereocenters. The standard InChI is InChI=1S/C21H25NO2/c1-16(21(23)22-19-10-6-3-7-11-19)24-20-14-12-18(13-15-20)17-8-4-2-5-9-17/h2,4-5,8-9,12-16,19H,3,6-7,10-11H2,1H3,(H,22,23). The molecule has 1 aliphatic carbocycles. The number of rotatable bonds is 5. The molecule has 2 aromatic rings. The van der Waals surface area contributed by atoms with Gasteiger partial charge in [-0.15, -0.1) is 0 Å². The van der Waals surface area contributed by atoms with Gasteiger partial charge in [0.15, 0.2) is 6.10 Å². The van der Waals surface area contributed by atoms with Crippen molar-refractivity contribution in [3.63, 3.8) is 0 Å². The summed E-state index contributed by atoms with van der Waals surface area (Å²) in [5.74, 6) is 0.704. The summed E-state index contributed by atoms with van der Waals surface area (Å²) in [6, 6.07) is 18.4. The van der Waals surface area contributed by atoms with E-state index in [2.05, 4.69) is 17.4 Å². The highest BCUT2D eigenvalue weighted by molar-refractivity contribution is 5.81. The molecule has 3 heteroatoms. The summed E-state index contributed by atoms with van der Waals surface area (Å²) >= 11 is 0. The molecule has 0 radical (unpaired) electrons. The highest BCUT2D eigenvalue weighted by Crippen LogP contribution is 2.23. The van der Waals surface area contributed by atoms with Crippen molar-refractivity contribution in [2.24, 2.45) is 0 Å². The van der Waals surface area contributed by atoms with Gasteiger partial charge in [-0.2, -0.15) is 0 Å². The Balaban J connectivity index is 1.56. The van der Waals surface area contributed by atoms with Crippen molar-refractivity contribution in [3.8, 4) is 16.9 Å². The number of nitrogens with one attached hydrogen (secondary N) is 1. The van der Waals surface area contributed by atoms with Gasteiger partial charge in [-0.1, -0.05) is 61.7 Å². The van der Waals surface area contributed by atoms with Gasteiger partial charge in [-0.25, -0.2) is 0 Å². The molecule has 1 aliphatic rings. The number of carbonyl (C=O) groups excluding carboxylic acids is 1. The molecule has 1 saturated carbocycles. The monoisotopic (exact) mass is 323 g/mol. The zero-order chi connectivity index (χ0) is 16.8. The van der Waals surface area contributed by atoms with E-state index in [-0.39, 0.29) is 5.91 Å². The molecule has 0 aliphatic heterocycles. The van der Waals surface area contributed by atoms with Gasteiger partial charge in [0.25, 0.3) is 5.91 Å². The van der Waals surface area contributed by atoms with Crippen LogP contribution < -0.4 is 10.1 Å². The van der Waals surface area contributed by atoms with Crippen LogP contribution in [0.4, 0.5) is 0 Å². The lowest BCUT2D eigenvalue weighted by Crippen LogP contribution is -2.43. The van der Waals surface area contributed by atoms with Crippen LogP contribution in [0.25, 0.3) is 11.1 Å². The Bertz CT molecular complexity index is 645. The first-order chi connectivity index (χ1) is 11.7. The van der Waals surface area contributed by atoms with E-state index in [1.54, 1.807) is 0 Å². The molecule has 1 fully saturated rings. The molecular weight excluding hydrogens is 298 g/mol. The molecule has 126 valence electrons. The van der Waals surface area contributed by atoms with Gasteiger partial charge < -0.3 is 10.1 Å². The molecule has 3 rings (SSSR count). The minimum absolute atomic E-state index is 0.0194. The molecule has 0 aromatic heterocycles. The van der Waals surface area contributed by atoms with E-state index in [1.807, 2.05) is 49.4 Å². The van der Waals surface area contributed by atoms with E-state index >= 15 is 0 Å². The Kier molecular flexibility index (Phi) is 5.52. The van der Waals surface area contributed by atoms with Crippen LogP contribution in [0.2, 0.25) is 0 Å². The zero-order valence-corrected chi connectivity index (χ0v) is 14.2. The van der Waals surface area contributed by atoms with Gasteiger partial charge in [0.2, 0.25) is 0 Å². The van der Waals surface area contributed by atoms with Crippen LogP contribution in [0.5, 0.6) is 5.75 Å². The first-order valence-corrected chi connectivity index (χ1v) is 8.85. The number of carbonyl (C=O) groups is 1. The molecule has 1 N–H and O–H groups in total. The van der Waals surface area contributed by atoms with Crippen molar-refractivity contribution < 1.29 is 9.53 Å². The maximum atomic E-state index is 12.3. The molecule has 0 spiro atoms. The fraction of sp³-hybridized carbons (Fsp3) is 0.381. The molecule has 1 amide bonds. The predicted molar refractivity (Wildman–Crippen MR) is 97.0 cm³/mol. The molecular formula is C21H25NO2. The third-order valence-corrected chi connectivity index (χ3v) is 4.60. The number of hydrogen-bond acceptors (Lipinski definition) is 2. The maximum absolute atomic E-state index is 12.3. The van der Waals surface area contributed by atoms with Crippen molar-refractivity contribution in [2.75, 3.05) is 0 Å². The molecule has 2 aromatic carbocycles. The van der Waals surface area contributed by atoms with Gasteiger partial charge in [0.1, 0.15) is 5.75 Å². The molecule has 0 saturated heterocycles. The Morgan fingerprint density at radius 1 is 0.958 bits per heavy atom. The average molecular weight is 323 g/mol. The fourth-order valence-electron chi connectivity index (χ4n) is 3.18. The van der Waals surface area contributed by atoms with Crippen LogP contribution in [0.15, 0.2) is 54.6 Å². The number of amides is 1. The summed E-state index contributed by atoms with van der Waals surface area (Å²) in [6.07, 6.45) is 5.40. The van der Waals surface area contributed by atoms with Crippen molar-refractivity contribution in [1.82, 2.24) is 5.32 Å². The van der Waals surface area contributed by atoms with Crippen LogP contribution in [0.3, 0.4) is 0 Å². The fourth-order valence-corrected chi connectivity index (χ4v) is 3.18. The summed E-state index contributed by atoms with van der Waals surface area (Å²) in [4.78, 5) is 12.3. The number of hydrogen-bond donors (Lipinski definition) is 1. The Morgan fingerprint density at radius 2 is 1.58 bits per heavy atom. The number of ether oxygens (including phenoxy) is 1. The summed E-state index contributed by atoms with van der Waals surface area (Å²) in [6.45, 7) is 1.81. The normalized spacial score (nSPS) is 16.4. The van der Waals surface area contributed by atoms with E-state index in [4.69, 9.17) is 4.74 Å². The summed E-state index contributed by atoms with van der Waals surface area (Å²) in [7, 11) is 0. The molecule has 0 bridgehead atoms. The zero-order valence-electron chi connectivity index (χ0n) is 14.2. The van der Waals surface area contributed by atoms with Gasteiger partial charge in [0, 0.05) is 6.04 Å². The van der Waals surface area contributed by atoms with Crippen LogP contribution >= 0.6 is 0 Å². The van der Waals surface area contributed by atoms with Crippen molar-refractivity contribution in [3.05, 3.63) is 54.6 Å². The molecule has 3 nitrogen and oxygen atoms in total. The molecule has 1 unspecified atom stereocenters. The minimum Gasteiger partial charge on any atom is -0.481 e. The highest BCUT2D eigenvalue weighted by Gasteiger charge is 2.20. The third kappa shape index (κ3) is 4.38. The Hall–Kier alpha value is -2.29. The van der Waals surface area contributed by atoms with Gasteiger partial charge >= 0.3 is 0 Å². The van der Waals surface area contributed by atoms with E-state index in [0.29, 0.717) is 6.04 Å². The lowest BCUT2D eigenvalue weighted by Gasteiger charge is -2.24. The SMILES string of the molecule is CC(Oc1ccc(-c2ccccc2)cc1)C(=O)NC1CCCCC1. The topological polar surface area (TPSA) is 38.3 Å². The largest absolute Gasteiger partial charge is 0.481 e. The van der Waals surface area contributed by atoms with Crippen molar-refractivity contribution in [2.45, 2.75) is 51.2 Å². The first-order valence-electron chi connectivity index (χ1n) is 8.85. The summed E-state index contributed by atoms with van der Waals surface area (Å²) < 4.78 is 5.80. The van der Waals surface area contributed by atoms with E-state index in [1.165, 1.54) is 24.8 Å². The predicted octanol–water partition coefficient (Wildman–Crippen LogP) is 4.57. The molecule has 0 heterocycles. The maximum Gasteiger partial charge on any atom is 0.260 e. The van der Waals surface area contributed by atoms with Crippen LogP contribution in [0.1, 0.15) is 39.0 Å². The second-order valence-electron chi connectivity index (χ2n) is 6.49. The highest BCUT2D eigenvalue weighted by atomic mass is 16.5. The third-order valence-electron chi connectivity index (χ3n) is 4.60. The second-order valence-corrected chi connectivity index (χ2v) is 6.49. The Morgan fingerprint density at radius 3 is 2.25 bits per heavy atom. The first kappa shape index (κ1) is 16.6. The summed E-state index contributed by atoms with van der Waals surface area (Å²) in [5.41, 5.74) is 2.31. The van der Waals surface area contributed by atoms with Gasteiger partial charge in [-0.3, -0.25) is 4.79 Å². The van der Waals surface area contributed by atoms with Gasteiger partial charge in [0.05, 0.1) is 0 Å². The van der Waals surface area contributed by atoms with Crippen LogP contribution in [-0.2, 0) is 4.79 Å². The lowest BCUT2D eigenvalue weighted by atomic mass is 9.95. The second kappa shape index (κ2) is 8.00.